The van der Waals surface area contributed by atoms with Crippen LogP contribution in [0, 0.1) is 45.6 Å². The molecule has 1 aromatic carbocycles. The molecule has 3 heterocycles. The summed E-state index contributed by atoms with van der Waals surface area (Å²) in [6.07, 6.45) is 10.3. The Morgan fingerprint density at radius 2 is 1.59 bits per heavy atom. The van der Waals surface area contributed by atoms with Gasteiger partial charge in [0, 0.05) is 76.3 Å². The summed E-state index contributed by atoms with van der Waals surface area (Å²) in [6.45, 7) is 13.1. The maximum atomic E-state index is 14.8. The standard InChI is InChI=1S/C59H85N5O16/c1-35-17-13-12-14-18-36(2)49(73-8)33-45-24-20-41(7)59(70,80-45)55(66)56(67)63-28-16-15-19-47(63)57(68)78-50(34-46(61-62-60)37(3)30-40(6)53(75-10)54(76-11)52(65)39(5)29-35)38(4)31-42-21-27-48(51(32-42)74-9)79-58(69)77-44-25-22-43(23-26-44)64(71)72/h12-14,17-18,22-23,25-26,30,35,37-39,41-42,45-51,53-54,70H,15-16,19-21,24,27-29,31-34H2,1-11H3/b14-12+,17-13+,36-18+,40-30+/t35-,37-,38-,39-,41-,42+,45+,46+,47+,48-,49+,50+,51-,53-,54+,59-/m1/s1. The fourth-order valence-electron chi connectivity index (χ4n) is 11.8. The molecule has 21 heteroatoms. The molecule has 3 fully saturated rings. The van der Waals surface area contributed by atoms with Gasteiger partial charge in [0.25, 0.3) is 17.4 Å². The smallest absolute Gasteiger partial charge is 0.461 e. The molecule has 1 saturated carbocycles. The number of hydrogen-bond donors (Lipinski definition) is 1. The van der Waals surface area contributed by atoms with Gasteiger partial charge in [-0.05, 0) is 137 Å². The Balaban J connectivity index is 1.47. The highest BCUT2D eigenvalue weighted by atomic mass is 16.7. The van der Waals surface area contributed by atoms with E-state index in [1.54, 1.807) is 14.0 Å². The van der Waals surface area contributed by atoms with Crippen molar-refractivity contribution in [1.29, 1.82) is 0 Å². The van der Waals surface area contributed by atoms with Crippen LogP contribution >= 0.6 is 0 Å². The van der Waals surface area contributed by atoms with Gasteiger partial charge in [-0.3, -0.25) is 24.5 Å². The van der Waals surface area contributed by atoms with Gasteiger partial charge in [0.1, 0.15) is 36.2 Å². The largest absolute Gasteiger partial charge is 0.514 e. The number of nitrogens with zero attached hydrogens (tertiary/aromatic N) is 5. The van der Waals surface area contributed by atoms with Crippen molar-refractivity contribution in [2.75, 3.05) is 35.0 Å². The molecule has 80 heavy (non-hydrogen) atoms. The van der Waals surface area contributed by atoms with E-state index in [1.807, 2.05) is 78.0 Å². The number of non-ortho nitro benzene ring substituents is 1. The summed E-state index contributed by atoms with van der Waals surface area (Å²) in [5.74, 6) is -7.60. The predicted molar refractivity (Wildman–Crippen MR) is 296 cm³/mol. The van der Waals surface area contributed by atoms with Gasteiger partial charge >= 0.3 is 12.1 Å². The van der Waals surface area contributed by atoms with E-state index >= 15 is 0 Å². The van der Waals surface area contributed by atoms with Gasteiger partial charge in [-0.25, -0.2) is 9.59 Å². The number of Topliss-reactive ketones (excluding diaryl/α,β-unsaturated/α-hetero) is 2. The zero-order chi connectivity index (χ0) is 58.8. The minimum Gasteiger partial charge on any atom is -0.461 e. The first-order valence-corrected chi connectivity index (χ1v) is 28.1. The minimum absolute atomic E-state index is 0.0229. The van der Waals surface area contributed by atoms with Crippen LogP contribution in [0.3, 0.4) is 0 Å². The number of allylic oxidation sites excluding steroid dienone is 5. The number of amides is 1. The number of nitro groups is 1. The highest BCUT2D eigenvalue weighted by Crippen LogP contribution is 2.39. The first kappa shape index (κ1) is 65.0. The van der Waals surface area contributed by atoms with Gasteiger partial charge in [-0.2, -0.15) is 0 Å². The molecule has 4 aliphatic rings. The van der Waals surface area contributed by atoms with Crippen LogP contribution < -0.4 is 4.74 Å². The van der Waals surface area contributed by atoms with Crippen LogP contribution in [-0.2, 0) is 52.3 Å². The lowest BCUT2D eigenvalue weighted by atomic mass is 9.78. The number of methoxy groups -OCH3 is 4. The molecule has 16 atom stereocenters. The van der Waals surface area contributed by atoms with Crippen LogP contribution in [0.1, 0.15) is 126 Å². The number of aliphatic hydroxyl groups is 1. The van der Waals surface area contributed by atoms with Crippen molar-refractivity contribution in [3.05, 3.63) is 92.4 Å². The van der Waals surface area contributed by atoms with Crippen molar-refractivity contribution < 1.29 is 71.9 Å². The van der Waals surface area contributed by atoms with E-state index < -0.39 is 113 Å². The number of ketones is 2. The molecule has 1 aliphatic carbocycles. The van der Waals surface area contributed by atoms with Crippen molar-refractivity contribution in [1.82, 2.24) is 4.90 Å². The summed E-state index contributed by atoms with van der Waals surface area (Å²) in [5, 5.41) is 27.4. The van der Waals surface area contributed by atoms with Crippen LogP contribution in [-0.4, -0.2) is 140 Å². The number of fused-ring (bicyclic) bond motifs is 3. The van der Waals surface area contributed by atoms with E-state index in [0.717, 1.165) is 5.57 Å². The number of esters is 1. The zero-order valence-corrected chi connectivity index (χ0v) is 48.4. The molecule has 5 rings (SSSR count). The van der Waals surface area contributed by atoms with Gasteiger partial charge in [0.15, 0.2) is 5.78 Å². The number of piperidine rings is 1. The van der Waals surface area contributed by atoms with Gasteiger partial charge in [0.05, 0.1) is 23.2 Å². The Morgan fingerprint density at radius 3 is 2.24 bits per heavy atom. The highest BCUT2D eigenvalue weighted by Gasteiger charge is 2.53. The molecule has 1 aromatic rings. The molecule has 2 bridgehead atoms. The number of ether oxygens (including phenoxy) is 8. The monoisotopic (exact) mass is 1120 g/mol. The van der Waals surface area contributed by atoms with Gasteiger partial charge in [-0.15, -0.1) is 0 Å². The maximum absolute atomic E-state index is 14.8. The van der Waals surface area contributed by atoms with Crippen molar-refractivity contribution in [2.45, 2.75) is 186 Å². The lowest BCUT2D eigenvalue weighted by molar-refractivity contribution is -0.384. The second kappa shape index (κ2) is 30.9. The van der Waals surface area contributed by atoms with Crippen molar-refractivity contribution >= 4 is 35.3 Å². The Hall–Kier alpha value is -5.80. The summed E-state index contributed by atoms with van der Waals surface area (Å²) < 4.78 is 47.2. The van der Waals surface area contributed by atoms with Crippen LogP contribution in [0.15, 0.2) is 77.0 Å². The van der Waals surface area contributed by atoms with Crippen LogP contribution in [0.4, 0.5) is 10.5 Å². The van der Waals surface area contributed by atoms with Crippen LogP contribution in [0.5, 0.6) is 5.75 Å². The van der Waals surface area contributed by atoms with E-state index in [2.05, 4.69) is 10.0 Å². The Kier molecular flexibility index (Phi) is 25.1. The lowest BCUT2D eigenvalue weighted by Gasteiger charge is -2.43. The summed E-state index contributed by atoms with van der Waals surface area (Å²) in [4.78, 5) is 85.7. The van der Waals surface area contributed by atoms with E-state index in [9.17, 15) is 44.7 Å². The van der Waals surface area contributed by atoms with Crippen molar-refractivity contribution in [3.63, 3.8) is 0 Å². The first-order valence-electron chi connectivity index (χ1n) is 28.1. The lowest BCUT2D eigenvalue weighted by Crippen LogP contribution is -2.61. The summed E-state index contributed by atoms with van der Waals surface area (Å²) in [7, 11) is 6.05. The van der Waals surface area contributed by atoms with Gasteiger partial charge in [0.2, 0.25) is 5.79 Å². The maximum Gasteiger partial charge on any atom is 0.514 e. The molecule has 442 valence electrons. The van der Waals surface area contributed by atoms with Crippen LogP contribution in [0.25, 0.3) is 10.4 Å². The molecular formula is C59H85N5O16. The summed E-state index contributed by atoms with van der Waals surface area (Å²) in [6, 6.07) is 3.02. The predicted octanol–water partition coefficient (Wildman–Crippen LogP) is 10.1. The number of rotatable bonds is 11. The molecular weight excluding hydrogens is 1030 g/mol. The number of carbonyl (C=O) groups excluding carboxylic acids is 5. The molecule has 0 spiro atoms. The molecule has 0 unspecified atom stereocenters. The second-order valence-corrected chi connectivity index (χ2v) is 22.4. The Morgan fingerprint density at radius 1 is 0.875 bits per heavy atom. The molecule has 3 aliphatic heterocycles. The molecule has 1 N–H and O–H groups in total. The number of hydrogen-bond acceptors (Lipinski definition) is 17. The third-order valence-electron chi connectivity index (χ3n) is 16.6. The zero-order valence-electron chi connectivity index (χ0n) is 48.4. The minimum atomic E-state index is -2.48. The SMILES string of the molecule is CO[C@H]1C[C@@H]2CC[C@@H](C)[C@@](O)(O2)C(=O)C(=O)N2CCCC[C@H]2C(=O)O[C@H]([C@H](C)C[C@@H]2CC[C@@H](OC(=O)Oc3ccc([N+](=O)[O-])cc3)[C@H](OC)C2)C[C@H](N=[N+]=[N-])[C@H](C)/C=C(\C)[C@@H](OC)[C@@H](OC)C(=O)[C@H](C)C[C@H](C)/C=C/C=C/C=C/1C. The number of benzene rings is 1. The average Bonchev–Trinajstić information content (AvgIpc) is 3.43. The van der Waals surface area contributed by atoms with Gasteiger partial charge < -0.3 is 47.9 Å². The molecule has 0 radical (unpaired) electrons. The third kappa shape index (κ3) is 17.4. The quantitative estimate of drug-likeness (QED) is 0.0248. The van der Waals surface area contributed by atoms with Crippen molar-refractivity contribution in [3.8, 4) is 5.75 Å². The third-order valence-corrected chi connectivity index (χ3v) is 16.6. The van der Waals surface area contributed by atoms with E-state index in [4.69, 9.17) is 37.9 Å². The summed E-state index contributed by atoms with van der Waals surface area (Å²) in [5.41, 5.74) is 11.4. The first-order chi connectivity index (χ1) is 38.1. The Bertz CT molecular complexity index is 2460. The average molecular weight is 1120 g/mol. The summed E-state index contributed by atoms with van der Waals surface area (Å²) >= 11 is 0. The van der Waals surface area contributed by atoms with E-state index in [-0.39, 0.29) is 48.4 Å². The number of carbonyl (C=O) groups is 5. The molecule has 0 aromatic heterocycles. The second-order valence-electron chi connectivity index (χ2n) is 22.4. The number of azide groups is 1. The van der Waals surface area contributed by atoms with E-state index in [1.165, 1.54) is 50.5 Å². The fourth-order valence-corrected chi connectivity index (χ4v) is 11.8. The van der Waals surface area contributed by atoms with Crippen molar-refractivity contribution in [2.24, 2.45) is 40.6 Å². The number of nitro benzene ring substituents is 1. The normalized spacial score (nSPS) is 35.6. The topological polar surface area (TPSA) is 275 Å². The number of cyclic esters (lactones) is 1. The molecule has 2 saturated heterocycles. The Labute approximate surface area is 470 Å². The van der Waals surface area contributed by atoms with E-state index in [0.29, 0.717) is 69.8 Å². The van der Waals surface area contributed by atoms with Gasteiger partial charge in [-0.1, -0.05) is 76.2 Å². The fraction of sp³-hybridized carbons (Fsp3) is 0.678. The molecule has 21 nitrogen and oxygen atoms in total. The molecule has 1 amide bonds. The van der Waals surface area contributed by atoms with Crippen LogP contribution in [0.2, 0.25) is 0 Å². The highest BCUT2D eigenvalue weighted by molar-refractivity contribution is 6.39.